The normalized spacial score (nSPS) is 12.0. The second kappa shape index (κ2) is 8.75. The smallest absolute Gasteiger partial charge is 0.0547 e. The van der Waals surface area contributed by atoms with Gasteiger partial charge in [-0.3, -0.25) is 0 Å². The van der Waals surface area contributed by atoms with E-state index in [0.29, 0.717) is 0 Å². The molecule has 0 amide bonds. The molecule has 0 spiro atoms. The third-order valence-electron chi connectivity index (χ3n) is 7.99. The molecule has 39 heavy (non-hydrogen) atoms. The van der Waals surface area contributed by atoms with E-state index in [1.807, 2.05) is 0 Å². The number of hydrogen-bond acceptors (Lipinski definition) is 1. The van der Waals surface area contributed by atoms with Gasteiger partial charge < -0.3 is 9.88 Å². The molecular weight excluding hydrogens is 472 g/mol. The molecule has 2 heteroatoms. The van der Waals surface area contributed by atoms with E-state index in [1.165, 1.54) is 60.9 Å². The molecule has 0 unspecified atom stereocenters. The zero-order chi connectivity index (χ0) is 25.8. The van der Waals surface area contributed by atoms with E-state index >= 15 is 0 Å². The van der Waals surface area contributed by atoms with Crippen molar-refractivity contribution in [1.29, 1.82) is 0 Å². The van der Waals surface area contributed by atoms with Gasteiger partial charge in [-0.15, -0.1) is 0 Å². The Balaban J connectivity index is 1.16. The number of nitrogens with zero attached hydrogens (tertiary/aromatic N) is 1. The molecule has 0 saturated heterocycles. The molecule has 6 aromatic carbocycles. The van der Waals surface area contributed by atoms with E-state index in [-0.39, 0.29) is 0 Å². The summed E-state index contributed by atoms with van der Waals surface area (Å²) in [5.41, 5.74) is 13.8. The van der Waals surface area contributed by atoms with Crippen LogP contribution in [0.2, 0.25) is 0 Å². The van der Waals surface area contributed by atoms with Crippen LogP contribution < -0.4 is 5.32 Å². The van der Waals surface area contributed by atoms with Crippen LogP contribution in [0.5, 0.6) is 0 Å². The van der Waals surface area contributed by atoms with Crippen molar-refractivity contribution in [2.24, 2.45) is 0 Å². The zero-order valence-corrected chi connectivity index (χ0v) is 21.4. The molecule has 1 aromatic heterocycles. The van der Waals surface area contributed by atoms with E-state index in [2.05, 4.69) is 149 Å². The summed E-state index contributed by atoms with van der Waals surface area (Å²) in [5.74, 6) is 0. The van der Waals surface area contributed by atoms with Crippen molar-refractivity contribution < 1.29 is 0 Å². The van der Waals surface area contributed by atoms with Gasteiger partial charge in [-0.05, 0) is 88.3 Å². The molecule has 7 aromatic rings. The van der Waals surface area contributed by atoms with Crippen molar-refractivity contribution in [3.8, 4) is 27.9 Å². The minimum atomic E-state index is 1.00. The van der Waals surface area contributed by atoms with Crippen LogP contribution in [0, 0.1) is 0 Å². The zero-order valence-electron chi connectivity index (χ0n) is 21.4. The summed E-state index contributed by atoms with van der Waals surface area (Å²) < 4.78 is 2.37. The Morgan fingerprint density at radius 2 is 1.18 bits per heavy atom. The van der Waals surface area contributed by atoms with Crippen LogP contribution in [0.25, 0.3) is 49.7 Å². The average molecular weight is 499 g/mol. The Bertz CT molecular complexity index is 2000. The number of para-hydroxylation sites is 2. The number of benzene rings is 6. The van der Waals surface area contributed by atoms with Crippen molar-refractivity contribution in [3.63, 3.8) is 0 Å². The van der Waals surface area contributed by atoms with Crippen LogP contribution in [-0.2, 0) is 6.42 Å². The SMILES string of the molecule is c1ccc(-n2c3ccccc3c3c(-c4ccc(Nc5ccc6c(c5)Cc5ccccc5-6)cc4)cccc32)cc1. The molecule has 1 aliphatic carbocycles. The molecule has 2 nitrogen and oxygen atoms in total. The molecular formula is C37H26N2. The molecule has 1 aliphatic rings. The molecule has 1 heterocycles. The van der Waals surface area contributed by atoms with Gasteiger partial charge in [0.1, 0.15) is 0 Å². The summed E-state index contributed by atoms with van der Waals surface area (Å²) in [5, 5.41) is 6.19. The highest BCUT2D eigenvalue weighted by Gasteiger charge is 2.18. The number of anilines is 2. The van der Waals surface area contributed by atoms with Gasteiger partial charge in [0.15, 0.2) is 0 Å². The van der Waals surface area contributed by atoms with Crippen molar-refractivity contribution in [2.45, 2.75) is 6.42 Å². The van der Waals surface area contributed by atoms with Gasteiger partial charge in [-0.2, -0.15) is 0 Å². The third kappa shape index (κ3) is 3.57. The first-order valence-corrected chi connectivity index (χ1v) is 13.5. The van der Waals surface area contributed by atoms with Crippen molar-refractivity contribution in [2.75, 3.05) is 5.32 Å². The van der Waals surface area contributed by atoms with E-state index in [4.69, 9.17) is 0 Å². The van der Waals surface area contributed by atoms with Crippen LogP contribution in [0.3, 0.4) is 0 Å². The second-order valence-corrected chi connectivity index (χ2v) is 10.3. The maximum Gasteiger partial charge on any atom is 0.0547 e. The van der Waals surface area contributed by atoms with Crippen LogP contribution in [0.15, 0.2) is 140 Å². The van der Waals surface area contributed by atoms with Gasteiger partial charge in [0.25, 0.3) is 0 Å². The first-order chi connectivity index (χ1) is 19.3. The van der Waals surface area contributed by atoms with Crippen molar-refractivity contribution in [3.05, 3.63) is 151 Å². The van der Waals surface area contributed by atoms with Gasteiger partial charge in [0.05, 0.1) is 11.0 Å². The predicted molar refractivity (Wildman–Crippen MR) is 164 cm³/mol. The molecule has 8 rings (SSSR count). The average Bonchev–Trinajstić information content (AvgIpc) is 3.53. The Hall–Kier alpha value is -5.08. The van der Waals surface area contributed by atoms with Crippen LogP contribution in [-0.4, -0.2) is 4.57 Å². The quantitative estimate of drug-likeness (QED) is 0.255. The van der Waals surface area contributed by atoms with E-state index < -0.39 is 0 Å². The van der Waals surface area contributed by atoms with Gasteiger partial charge in [-0.25, -0.2) is 0 Å². The number of aromatic nitrogens is 1. The maximum absolute atomic E-state index is 3.63. The van der Waals surface area contributed by atoms with Gasteiger partial charge in [-0.1, -0.05) is 91.0 Å². The van der Waals surface area contributed by atoms with Crippen molar-refractivity contribution in [1.82, 2.24) is 4.57 Å². The number of fused-ring (bicyclic) bond motifs is 6. The topological polar surface area (TPSA) is 17.0 Å². The third-order valence-corrected chi connectivity index (χ3v) is 7.99. The minimum Gasteiger partial charge on any atom is -0.356 e. The van der Waals surface area contributed by atoms with Gasteiger partial charge in [0.2, 0.25) is 0 Å². The number of hydrogen-bond donors (Lipinski definition) is 1. The second-order valence-electron chi connectivity index (χ2n) is 10.3. The molecule has 0 saturated carbocycles. The summed E-state index contributed by atoms with van der Waals surface area (Å²) in [4.78, 5) is 0. The molecule has 0 atom stereocenters. The summed E-state index contributed by atoms with van der Waals surface area (Å²) in [7, 11) is 0. The fraction of sp³-hybridized carbons (Fsp3) is 0.0270. The fourth-order valence-corrected chi connectivity index (χ4v) is 6.24. The number of rotatable bonds is 4. The van der Waals surface area contributed by atoms with Gasteiger partial charge >= 0.3 is 0 Å². The molecule has 0 bridgehead atoms. The minimum absolute atomic E-state index is 1.00. The molecule has 0 radical (unpaired) electrons. The van der Waals surface area contributed by atoms with Crippen LogP contribution >= 0.6 is 0 Å². The first-order valence-electron chi connectivity index (χ1n) is 13.5. The maximum atomic E-state index is 3.63. The van der Waals surface area contributed by atoms with E-state index in [9.17, 15) is 0 Å². The Labute approximate surface area is 227 Å². The largest absolute Gasteiger partial charge is 0.356 e. The lowest BCUT2D eigenvalue weighted by Gasteiger charge is -2.11. The lowest BCUT2D eigenvalue weighted by molar-refractivity contribution is 1.18. The summed E-state index contributed by atoms with van der Waals surface area (Å²) in [6.07, 6.45) is 1.00. The highest BCUT2D eigenvalue weighted by molar-refractivity contribution is 6.15. The van der Waals surface area contributed by atoms with E-state index in [0.717, 1.165) is 17.8 Å². The predicted octanol–water partition coefficient (Wildman–Crippen LogP) is 9.77. The highest BCUT2D eigenvalue weighted by Crippen LogP contribution is 2.40. The summed E-state index contributed by atoms with van der Waals surface area (Å²) >= 11 is 0. The van der Waals surface area contributed by atoms with Crippen LogP contribution in [0.4, 0.5) is 11.4 Å². The summed E-state index contributed by atoms with van der Waals surface area (Å²) in [6.45, 7) is 0. The lowest BCUT2D eigenvalue weighted by Crippen LogP contribution is -1.93. The molecule has 184 valence electrons. The number of nitrogens with one attached hydrogen (secondary N) is 1. The molecule has 0 fully saturated rings. The summed E-state index contributed by atoms with van der Waals surface area (Å²) in [6, 6.07) is 50.3. The van der Waals surface area contributed by atoms with Crippen LogP contribution in [0.1, 0.15) is 11.1 Å². The standard InChI is InChI=1S/C37H26N2/c1-2-10-30(11-3-1)39-35-15-7-6-13-34(35)37-33(14-8-16-36(37)39)25-17-19-28(20-18-25)38-29-21-22-32-27(24-29)23-26-9-4-5-12-31(26)32/h1-22,24,38H,23H2. The van der Waals surface area contributed by atoms with Crippen molar-refractivity contribution >= 4 is 33.2 Å². The van der Waals surface area contributed by atoms with Gasteiger partial charge in [0, 0.05) is 27.8 Å². The highest BCUT2D eigenvalue weighted by atomic mass is 15.0. The molecule has 0 aliphatic heterocycles. The first kappa shape index (κ1) is 22.0. The fourth-order valence-electron chi connectivity index (χ4n) is 6.24. The Morgan fingerprint density at radius 1 is 0.487 bits per heavy atom. The molecule has 1 N–H and O–H groups in total. The lowest BCUT2D eigenvalue weighted by atomic mass is 9.99. The van der Waals surface area contributed by atoms with E-state index in [1.54, 1.807) is 0 Å². The Kier molecular flexibility index (Phi) is 4.92. The monoisotopic (exact) mass is 498 g/mol. The Morgan fingerprint density at radius 3 is 2.08 bits per heavy atom.